The quantitative estimate of drug-likeness (QED) is 0.296. The molecule has 2 aromatic carbocycles. The van der Waals surface area contributed by atoms with Crippen molar-refractivity contribution in [1.29, 1.82) is 0 Å². The number of hydrogen-bond donors (Lipinski definition) is 4. The fourth-order valence-corrected chi connectivity index (χ4v) is 3.27. The van der Waals surface area contributed by atoms with Crippen molar-refractivity contribution in [2.45, 2.75) is 64.3 Å². The fraction of sp³-hybridized carbons (Fsp3) is 0.370. The summed E-state index contributed by atoms with van der Waals surface area (Å²) in [6, 6.07) is 10.8. The van der Waals surface area contributed by atoms with Gasteiger partial charge in [0, 0.05) is 12.1 Å². The lowest BCUT2D eigenvalue weighted by molar-refractivity contribution is -0.156. The van der Waals surface area contributed by atoms with E-state index in [9.17, 15) is 28.4 Å². The zero-order valence-corrected chi connectivity index (χ0v) is 21.9. The van der Waals surface area contributed by atoms with Crippen molar-refractivity contribution in [2.24, 2.45) is 0 Å². The molecule has 0 aliphatic rings. The lowest BCUT2D eigenvalue weighted by Crippen LogP contribution is -2.53. The van der Waals surface area contributed by atoms with Gasteiger partial charge in [0.05, 0.1) is 6.42 Å². The number of carboxylic acid groups (broad SMARTS) is 1. The maximum absolute atomic E-state index is 13.5. The molecule has 0 aliphatic heterocycles. The van der Waals surface area contributed by atoms with Gasteiger partial charge in [0.15, 0.2) is 0 Å². The van der Waals surface area contributed by atoms with Gasteiger partial charge >= 0.3 is 18.0 Å². The van der Waals surface area contributed by atoms with Crippen LogP contribution in [0.15, 0.2) is 54.6 Å². The average molecular weight is 546 g/mol. The molecule has 2 atom stereocenters. The second kappa shape index (κ2) is 14.5. The monoisotopic (exact) mass is 545 g/mol. The highest BCUT2D eigenvalue weighted by Gasteiger charge is 2.31. The molecule has 2 rings (SSSR count). The number of hydrogen-bond acceptors (Lipinski definition) is 7. The highest BCUT2D eigenvalue weighted by molar-refractivity contribution is 5.99. The number of benzene rings is 2. The molecule has 0 saturated carbocycles. The number of anilines is 1. The Kier molecular flexibility index (Phi) is 11.4. The van der Waals surface area contributed by atoms with Crippen LogP contribution in [0.1, 0.15) is 45.6 Å². The Balaban J connectivity index is 2.17. The minimum absolute atomic E-state index is 0.0856. The molecule has 2 unspecified atom stereocenters. The number of carbonyl (C=O) groups excluding carboxylic acids is 4. The Morgan fingerprint density at radius 3 is 2.23 bits per heavy atom. The molecule has 0 bridgehead atoms. The van der Waals surface area contributed by atoms with Crippen LogP contribution in [-0.2, 0) is 35.3 Å². The molecular weight excluding hydrogens is 513 g/mol. The van der Waals surface area contributed by atoms with Gasteiger partial charge in [0.25, 0.3) is 0 Å². The lowest BCUT2D eigenvalue weighted by Gasteiger charge is -2.24. The van der Waals surface area contributed by atoms with Gasteiger partial charge < -0.3 is 30.5 Å². The largest absolute Gasteiger partial charge is 0.481 e. The SMILES string of the molecule is CC(C)(C)OC(=O)CC(NC(=O)OCc1ccccc1)C(=O)NC(CCC(=O)O)C(=O)Nc1cccc(F)c1. The van der Waals surface area contributed by atoms with E-state index in [1.807, 2.05) is 0 Å². The Morgan fingerprint density at radius 1 is 0.923 bits per heavy atom. The average Bonchev–Trinajstić information content (AvgIpc) is 2.84. The normalized spacial score (nSPS) is 12.4. The number of carboxylic acids is 1. The number of rotatable bonds is 12. The van der Waals surface area contributed by atoms with Crippen molar-refractivity contribution in [3.05, 3.63) is 66.0 Å². The summed E-state index contributed by atoms with van der Waals surface area (Å²) in [5.74, 6) is -4.42. The zero-order chi connectivity index (χ0) is 29.0. The molecule has 210 valence electrons. The van der Waals surface area contributed by atoms with Crippen molar-refractivity contribution in [1.82, 2.24) is 10.6 Å². The first kappa shape index (κ1) is 30.7. The summed E-state index contributed by atoms with van der Waals surface area (Å²) in [6.45, 7) is 4.77. The van der Waals surface area contributed by atoms with Crippen LogP contribution in [0.5, 0.6) is 0 Å². The number of amides is 3. The van der Waals surface area contributed by atoms with Crippen molar-refractivity contribution in [2.75, 3.05) is 5.32 Å². The number of esters is 1. The van der Waals surface area contributed by atoms with Crippen LogP contribution in [0.3, 0.4) is 0 Å². The molecule has 39 heavy (non-hydrogen) atoms. The smallest absolute Gasteiger partial charge is 0.408 e. The molecule has 3 amide bonds. The van der Waals surface area contributed by atoms with Crippen LogP contribution in [0, 0.1) is 5.82 Å². The van der Waals surface area contributed by atoms with Gasteiger partial charge in [-0.3, -0.25) is 19.2 Å². The molecule has 0 aliphatic carbocycles. The lowest BCUT2D eigenvalue weighted by atomic mass is 10.1. The maximum Gasteiger partial charge on any atom is 0.408 e. The number of ether oxygens (including phenoxy) is 2. The first-order valence-corrected chi connectivity index (χ1v) is 12.1. The maximum atomic E-state index is 13.5. The van der Waals surface area contributed by atoms with Crippen LogP contribution < -0.4 is 16.0 Å². The summed E-state index contributed by atoms with van der Waals surface area (Å²) in [5.41, 5.74) is -0.105. The Labute approximate surface area is 225 Å². The number of carbonyl (C=O) groups is 5. The predicted octanol–water partition coefficient (Wildman–Crippen LogP) is 3.14. The second-order valence-electron chi connectivity index (χ2n) is 9.54. The molecule has 0 aromatic heterocycles. The van der Waals surface area contributed by atoms with Gasteiger partial charge in [-0.15, -0.1) is 0 Å². The second-order valence-corrected chi connectivity index (χ2v) is 9.54. The Hall–Kier alpha value is -4.48. The summed E-state index contributed by atoms with van der Waals surface area (Å²) in [5, 5.41) is 16.2. The van der Waals surface area contributed by atoms with Gasteiger partial charge in [-0.2, -0.15) is 0 Å². The summed E-state index contributed by atoms with van der Waals surface area (Å²) in [6.07, 6.45) is -2.40. The predicted molar refractivity (Wildman–Crippen MR) is 138 cm³/mol. The summed E-state index contributed by atoms with van der Waals surface area (Å²) in [7, 11) is 0. The van der Waals surface area contributed by atoms with E-state index in [4.69, 9.17) is 14.6 Å². The number of halogens is 1. The standard InChI is InChI=1S/C27H32FN3O8/c1-27(2,3)39-23(34)15-21(31-26(37)38-16-17-8-5-4-6-9-17)25(36)30-20(12-13-22(32)33)24(35)29-19-11-7-10-18(28)14-19/h4-11,14,20-21H,12-13,15-16H2,1-3H3,(H,29,35)(H,30,36)(H,31,37)(H,32,33). The molecule has 0 saturated heterocycles. The highest BCUT2D eigenvalue weighted by Crippen LogP contribution is 2.13. The van der Waals surface area contributed by atoms with Gasteiger partial charge in [0.1, 0.15) is 30.1 Å². The van der Waals surface area contributed by atoms with E-state index in [-0.39, 0.29) is 18.7 Å². The zero-order valence-electron chi connectivity index (χ0n) is 21.9. The van der Waals surface area contributed by atoms with Crippen molar-refractivity contribution < 1.29 is 42.9 Å². The fourth-order valence-electron chi connectivity index (χ4n) is 3.27. The van der Waals surface area contributed by atoms with E-state index < -0.39 is 66.2 Å². The van der Waals surface area contributed by atoms with Crippen LogP contribution >= 0.6 is 0 Å². The highest BCUT2D eigenvalue weighted by atomic mass is 19.1. The molecular formula is C27H32FN3O8. The molecule has 0 spiro atoms. The molecule has 4 N–H and O–H groups in total. The van der Waals surface area contributed by atoms with Crippen LogP contribution in [-0.4, -0.2) is 52.6 Å². The van der Waals surface area contributed by atoms with Crippen LogP contribution in [0.2, 0.25) is 0 Å². The summed E-state index contributed by atoms with van der Waals surface area (Å²) >= 11 is 0. The van der Waals surface area contributed by atoms with E-state index in [1.54, 1.807) is 51.1 Å². The first-order chi connectivity index (χ1) is 18.3. The van der Waals surface area contributed by atoms with Crippen LogP contribution in [0.4, 0.5) is 14.9 Å². The van der Waals surface area contributed by atoms with E-state index in [0.717, 1.165) is 6.07 Å². The summed E-state index contributed by atoms with van der Waals surface area (Å²) in [4.78, 5) is 62.0. The van der Waals surface area contributed by atoms with Gasteiger partial charge in [-0.1, -0.05) is 36.4 Å². The molecule has 0 fully saturated rings. The molecule has 0 heterocycles. The topological polar surface area (TPSA) is 160 Å². The third-order valence-electron chi connectivity index (χ3n) is 4.98. The van der Waals surface area contributed by atoms with Crippen LogP contribution in [0.25, 0.3) is 0 Å². The first-order valence-electron chi connectivity index (χ1n) is 12.1. The van der Waals surface area contributed by atoms with Gasteiger partial charge in [-0.05, 0) is 51.0 Å². The minimum Gasteiger partial charge on any atom is -0.481 e. The Bertz CT molecular complexity index is 1170. The van der Waals surface area contributed by atoms with Crippen molar-refractivity contribution in [3.63, 3.8) is 0 Å². The Morgan fingerprint density at radius 2 is 1.62 bits per heavy atom. The number of aliphatic carboxylic acids is 1. The minimum atomic E-state index is -1.52. The van der Waals surface area contributed by atoms with E-state index in [1.165, 1.54) is 18.2 Å². The van der Waals surface area contributed by atoms with Crippen molar-refractivity contribution in [3.8, 4) is 0 Å². The number of nitrogens with one attached hydrogen (secondary N) is 3. The number of alkyl carbamates (subject to hydrolysis) is 1. The summed E-state index contributed by atoms with van der Waals surface area (Å²) < 4.78 is 23.9. The van der Waals surface area contributed by atoms with E-state index in [0.29, 0.717) is 5.56 Å². The molecule has 0 radical (unpaired) electrons. The third kappa shape index (κ3) is 12.1. The molecule has 12 heteroatoms. The van der Waals surface area contributed by atoms with E-state index >= 15 is 0 Å². The third-order valence-corrected chi connectivity index (χ3v) is 4.98. The van der Waals surface area contributed by atoms with E-state index in [2.05, 4.69) is 16.0 Å². The molecule has 2 aromatic rings. The van der Waals surface area contributed by atoms with Gasteiger partial charge in [0.2, 0.25) is 11.8 Å². The van der Waals surface area contributed by atoms with Crippen molar-refractivity contribution >= 4 is 35.5 Å². The van der Waals surface area contributed by atoms with Gasteiger partial charge in [-0.25, -0.2) is 9.18 Å². The molecule has 11 nitrogen and oxygen atoms in total.